The SMILES string of the molecule is CN1CCCN(S(=O)(=O)c2ccc(N3CC=Cc4ncccc43)c(N)c2)CC1. The molecule has 0 amide bonds. The minimum absolute atomic E-state index is 0.247. The number of anilines is 3. The third kappa shape index (κ3) is 3.50. The highest BCUT2D eigenvalue weighted by Crippen LogP contribution is 2.36. The van der Waals surface area contributed by atoms with E-state index in [4.69, 9.17) is 5.73 Å². The van der Waals surface area contributed by atoms with E-state index in [9.17, 15) is 8.42 Å². The lowest BCUT2D eigenvalue weighted by Gasteiger charge is -2.29. The maximum Gasteiger partial charge on any atom is 0.243 e. The van der Waals surface area contributed by atoms with Gasteiger partial charge in [0.1, 0.15) is 0 Å². The molecule has 0 radical (unpaired) electrons. The number of hydrogen-bond acceptors (Lipinski definition) is 6. The topological polar surface area (TPSA) is 82.8 Å². The number of sulfonamides is 1. The van der Waals surface area contributed by atoms with Gasteiger partial charge in [-0.15, -0.1) is 0 Å². The zero-order valence-electron chi connectivity index (χ0n) is 16.0. The van der Waals surface area contributed by atoms with Gasteiger partial charge in [0.25, 0.3) is 0 Å². The van der Waals surface area contributed by atoms with E-state index in [2.05, 4.69) is 14.8 Å². The van der Waals surface area contributed by atoms with Crippen LogP contribution in [0.5, 0.6) is 0 Å². The molecule has 1 aromatic carbocycles. The van der Waals surface area contributed by atoms with Gasteiger partial charge in [-0.1, -0.05) is 6.08 Å². The third-order valence-corrected chi connectivity index (χ3v) is 7.17. The minimum Gasteiger partial charge on any atom is -0.397 e. The molecule has 0 aliphatic carbocycles. The maximum absolute atomic E-state index is 13.1. The molecular formula is C20H25N5O2S. The summed E-state index contributed by atoms with van der Waals surface area (Å²) < 4.78 is 27.8. The van der Waals surface area contributed by atoms with Gasteiger partial charge < -0.3 is 15.5 Å². The van der Waals surface area contributed by atoms with Gasteiger partial charge in [0.15, 0.2) is 0 Å². The largest absolute Gasteiger partial charge is 0.397 e. The summed E-state index contributed by atoms with van der Waals surface area (Å²) in [4.78, 5) is 8.83. The first-order chi connectivity index (χ1) is 13.5. The lowest BCUT2D eigenvalue weighted by molar-refractivity contribution is 0.347. The molecule has 3 heterocycles. The van der Waals surface area contributed by atoms with Crippen LogP contribution in [0, 0.1) is 0 Å². The zero-order chi connectivity index (χ0) is 19.7. The van der Waals surface area contributed by atoms with Crippen molar-refractivity contribution in [1.29, 1.82) is 0 Å². The van der Waals surface area contributed by atoms with Gasteiger partial charge in [-0.05, 0) is 56.4 Å². The van der Waals surface area contributed by atoms with Crippen molar-refractivity contribution in [1.82, 2.24) is 14.2 Å². The number of rotatable bonds is 3. The monoisotopic (exact) mass is 399 g/mol. The Hall–Kier alpha value is -2.42. The number of nitrogens with zero attached hydrogens (tertiary/aromatic N) is 4. The van der Waals surface area contributed by atoms with Crippen molar-refractivity contribution < 1.29 is 8.42 Å². The normalized spacial score (nSPS) is 18.7. The van der Waals surface area contributed by atoms with E-state index < -0.39 is 10.0 Å². The Balaban J connectivity index is 1.64. The fourth-order valence-electron chi connectivity index (χ4n) is 3.71. The minimum atomic E-state index is -3.56. The molecule has 2 aliphatic heterocycles. The first kappa shape index (κ1) is 18.9. The molecule has 148 valence electrons. The van der Waals surface area contributed by atoms with Crippen molar-refractivity contribution in [3.63, 3.8) is 0 Å². The van der Waals surface area contributed by atoms with Crippen LogP contribution in [0.15, 0.2) is 47.5 Å². The van der Waals surface area contributed by atoms with Gasteiger partial charge in [-0.3, -0.25) is 4.98 Å². The van der Waals surface area contributed by atoms with Crippen molar-refractivity contribution in [2.75, 3.05) is 50.4 Å². The van der Waals surface area contributed by atoms with Crippen LogP contribution in [0.25, 0.3) is 6.08 Å². The molecule has 7 nitrogen and oxygen atoms in total. The summed E-state index contributed by atoms with van der Waals surface area (Å²) in [5.41, 5.74) is 9.37. The molecule has 2 aromatic rings. The Bertz CT molecular complexity index is 1010. The molecule has 2 N–H and O–H groups in total. The molecule has 28 heavy (non-hydrogen) atoms. The summed E-state index contributed by atoms with van der Waals surface area (Å²) in [5.74, 6) is 0. The third-order valence-electron chi connectivity index (χ3n) is 5.28. The number of hydrogen-bond donors (Lipinski definition) is 1. The Labute approximate surface area is 166 Å². The average molecular weight is 400 g/mol. The smallest absolute Gasteiger partial charge is 0.243 e. The number of pyridine rings is 1. The number of likely N-dealkylation sites (N-methyl/N-ethyl adjacent to an activating group) is 1. The standard InChI is InChI=1S/C20H25N5O2S/c1-23-10-4-11-24(14-13-23)28(26,27)16-7-8-19(17(21)15-16)25-12-3-5-18-20(25)6-2-9-22-18/h2-3,5-9,15H,4,10-14,21H2,1H3. The van der Waals surface area contributed by atoms with Gasteiger partial charge in [0.05, 0.1) is 27.7 Å². The highest BCUT2D eigenvalue weighted by atomic mass is 32.2. The van der Waals surface area contributed by atoms with Crippen LogP contribution in [-0.4, -0.2) is 62.4 Å². The van der Waals surface area contributed by atoms with Crippen LogP contribution < -0.4 is 10.6 Å². The molecule has 1 aromatic heterocycles. The van der Waals surface area contributed by atoms with Gasteiger partial charge in [-0.25, -0.2) is 8.42 Å². The van der Waals surface area contributed by atoms with E-state index >= 15 is 0 Å². The molecular weight excluding hydrogens is 374 g/mol. The molecule has 4 rings (SSSR count). The van der Waals surface area contributed by atoms with Crippen molar-refractivity contribution in [3.05, 3.63) is 48.3 Å². The summed E-state index contributed by atoms with van der Waals surface area (Å²) in [6.45, 7) is 3.33. The summed E-state index contributed by atoms with van der Waals surface area (Å²) >= 11 is 0. The molecule has 8 heteroatoms. The number of nitrogens with two attached hydrogens (primary N) is 1. The first-order valence-electron chi connectivity index (χ1n) is 9.44. The number of benzene rings is 1. The van der Waals surface area contributed by atoms with Crippen LogP contribution in [0.2, 0.25) is 0 Å². The zero-order valence-corrected chi connectivity index (χ0v) is 16.8. The molecule has 0 unspecified atom stereocenters. The predicted molar refractivity (Wildman–Crippen MR) is 112 cm³/mol. The van der Waals surface area contributed by atoms with E-state index in [1.54, 1.807) is 28.7 Å². The quantitative estimate of drug-likeness (QED) is 0.797. The van der Waals surface area contributed by atoms with Crippen molar-refractivity contribution in [3.8, 4) is 0 Å². The lowest BCUT2D eigenvalue weighted by Crippen LogP contribution is -2.34. The van der Waals surface area contributed by atoms with E-state index in [1.165, 1.54) is 0 Å². The first-order valence-corrected chi connectivity index (χ1v) is 10.9. The Morgan fingerprint density at radius 3 is 2.75 bits per heavy atom. The maximum atomic E-state index is 13.1. The van der Waals surface area contributed by atoms with E-state index in [0.29, 0.717) is 25.3 Å². The number of nitrogen functional groups attached to an aromatic ring is 1. The molecule has 0 bridgehead atoms. The second kappa shape index (κ2) is 7.54. The summed E-state index contributed by atoms with van der Waals surface area (Å²) in [7, 11) is -1.54. The Morgan fingerprint density at radius 2 is 1.93 bits per heavy atom. The fraction of sp³-hybridized carbons (Fsp3) is 0.350. The van der Waals surface area contributed by atoms with Crippen LogP contribution in [0.4, 0.5) is 17.1 Å². The van der Waals surface area contributed by atoms with Crippen molar-refractivity contribution in [2.45, 2.75) is 11.3 Å². The van der Waals surface area contributed by atoms with E-state index in [-0.39, 0.29) is 4.90 Å². The highest BCUT2D eigenvalue weighted by Gasteiger charge is 2.27. The second-order valence-corrected chi connectivity index (χ2v) is 9.14. The summed E-state index contributed by atoms with van der Waals surface area (Å²) in [5, 5.41) is 0. The Morgan fingerprint density at radius 1 is 1.07 bits per heavy atom. The summed E-state index contributed by atoms with van der Waals surface area (Å²) in [6.07, 6.45) is 6.59. The van der Waals surface area contributed by atoms with Gasteiger partial charge >= 0.3 is 0 Å². The second-order valence-electron chi connectivity index (χ2n) is 7.20. The van der Waals surface area contributed by atoms with Crippen molar-refractivity contribution in [2.24, 2.45) is 0 Å². The molecule has 1 saturated heterocycles. The van der Waals surface area contributed by atoms with Crippen LogP contribution in [0.3, 0.4) is 0 Å². The molecule has 0 saturated carbocycles. The molecule has 2 aliphatic rings. The molecule has 0 atom stereocenters. The Kier molecular flexibility index (Phi) is 5.09. The highest BCUT2D eigenvalue weighted by molar-refractivity contribution is 7.89. The molecule has 0 spiro atoms. The van der Waals surface area contributed by atoms with Crippen LogP contribution in [-0.2, 0) is 10.0 Å². The van der Waals surface area contributed by atoms with Gasteiger partial charge in [0.2, 0.25) is 10.0 Å². The van der Waals surface area contributed by atoms with E-state index in [0.717, 1.165) is 36.6 Å². The van der Waals surface area contributed by atoms with Crippen molar-refractivity contribution >= 4 is 33.2 Å². The lowest BCUT2D eigenvalue weighted by atomic mass is 10.1. The van der Waals surface area contributed by atoms with Gasteiger partial charge in [0, 0.05) is 32.4 Å². The van der Waals surface area contributed by atoms with E-state index in [1.807, 2.05) is 31.3 Å². The predicted octanol–water partition coefficient (Wildman–Crippen LogP) is 2.15. The molecule has 1 fully saturated rings. The number of aromatic nitrogens is 1. The summed E-state index contributed by atoms with van der Waals surface area (Å²) in [6, 6.07) is 8.90. The van der Waals surface area contributed by atoms with Crippen LogP contribution in [0.1, 0.15) is 12.1 Å². The van der Waals surface area contributed by atoms with Gasteiger partial charge in [-0.2, -0.15) is 4.31 Å². The number of fused-ring (bicyclic) bond motifs is 1. The van der Waals surface area contributed by atoms with Crippen LogP contribution >= 0.6 is 0 Å². The fourth-order valence-corrected chi connectivity index (χ4v) is 5.22. The average Bonchev–Trinajstić information content (AvgIpc) is 2.92.